The maximum absolute atomic E-state index is 12.5. The van der Waals surface area contributed by atoms with Crippen molar-refractivity contribution in [2.75, 3.05) is 17.2 Å². The number of ether oxygens (including phenoxy) is 2. The van der Waals surface area contributed by atoms with Gasteiger partial charge in [-0.3, -0.25) is 4.79 Å². The first-order valence-electron chi connectivity index (χ1n) is 8.75. The van der Waals surface area contributed by atoms with Crippen LogP contribution in [-0.2, 0) is 11.2 Å². The summed E-state index contributed by atoms with van der Waals surface area (Å²) < 4.78 is 11.6. The Labute approximate surface area is 158 Å². The number of amides is 1. The largest absolute Gasteiger partial charge is 0.492 e. The van der Waals surface area contributed by atoms with E-state index in [2.05, 4.69) is 10.6 Å². The third-order valence-corrected chi connectivity index (χ3v) is 4.39. The fourth-order valence-corrected chi connectivity index (χ4v) is 3.13. The molecule has 2 atom stereocenters. The van der Waals surface area contributed by atoms with Crippen molar-refractivity contribution >= 4 is 28.9 Å². The smallest absolute Gasteiger partial charge is 0.246 e. The molecule has 0 aliphatic carbocycles. The minimum absolute atomic E-state index is 0.151. The van der Waals surface area contributed by atoms with Crippen molar-refractivity contribution in [3.63, 3.8) is 0 Å². The molecule has 0 bridgehead atoms. The van der Waals surface area contributed by atoms with Crippen molar-refractivity contribution in [2.45, 2.75) is 39.3 Å². The molecule has 0 radical (unpaired) electrons. The van der Waals surface area contributed by atoms with E-state index >= 15 is 0 Å². The molecule has 2 N–H and O–H groups in total. The highest BCUT2D eigenvalue weighted by atomic mass is 35.5. The van der Waals surface area contributed by atoms with Gasteiger partial charge in [-0.1, -0.05) is 17.7 Å². The predicted octanol–water partition coefficient (Wildman–Crippen LogP) is 4.50. The van der Waals surface area contributed by atoms with Gasteiger partial charge in [0.2, 0.25) is 5.91 Å². The lowest BCUT2D eigenvalue weighted by Crippen LogP contribution is -2.32. The highest BCUT2D eigenvalue weighted by Gasteiger charge is 2.23. The summed E-state index contributed by atoms with van der Waals surface area (Å²) in [4.78, 5) is 12.5. The third-order valence-electron chi connectivity index (χ3n) is 4.16. The average Bonchev–Trinajstić information content (AvgIpc) is 2.94. The molecule has 138 valence electrons. The van der Waals surface area contributed by atoms with Gasteiger partial charge in [0.15, 0.2) is 0 Å². The Morgan fingerprint density at radius 2 is 2.19 bits per heavy atom. The Kier molecular flexibility index (Phi) is 5.57. The quantitative estimate of drug-likeness (QED) is 0.781. The summed E-state index contributed by atoms with van der Waals surface area (Å²) in [5, 5.41) is 6.66. The second-order valence-electron chi connectivity index (χ2n) is 6.39. The summed E-state index contributed by atoms with van der Waals surface area (Å²) in [6, 6.07) is 10.5. The fourth-order valence-electron chi connectivity index (χ4n) is 2.94. The minimum Gasteiger partial charge on any atom is -0.492 e. The molecule has 2 unspecified atom stereocenters. The van der Waals surface area contributed by atoms with E-state index in [0.717, 1.165) is 29.2 Å². The Morgan fingerprint density at radius 3 is 2.92 bits per heavy atom. The molecular formula is C20H23ClN2O3. The molecule has 5 nitrogen and oxygen atoms in total. The monoisotopic (exact) mass is 374 g/mol. The molecular weight excluding hydrogens is 352 g/mol. The van der Waals surface area contributed by atoms with Crippen molar-refractivity contribution in [1.82, 2.24) is 0 Å². The summed E-state index contributed by atoms with van der Waals surface area (Å²) in [5.41, 5.74) is 2.53. The van der Waals surface area contributed by atoms with Crippen molar-refractivity contribution in [2.24, 2.45) is 0 Å². The zero-order chi connectivity index (χ0) is 18.7. The Hall–Kier alpha value is -2.40. The van der Waals surface area contributed by atoms with Gasteiger partial charge in [-0.05, 0) is 45.0 Å². The van der Waals surface area contributed by atoms with E-state index in [1.807, 2.05) is 26.0 Å². The standard InChI is InChI=1S/C20H23ClN2O3/c1-4-25-19-9-14-8-12(2)26-18(14)11-17(19)22-13(3)20(24)23-16-7-5-6-15(21)10-16/h5-7,9-13,22H,4,8H2,1-3H3,(H,23,24). The number of hydrogen-bond donors (Lipinski definition) is 2. The van der Waals surface area contributed by atoms with Crippen molar-refractivity contribution < 1.29 is 14.3 Å². The number of nitrogens with one attached hydrogen (secondary N) is 2. The van der Waals surface area contributed by atoms with Crippen molar-refractivity contribution in [1.29, 1.82) is 0 Å². The topological polar surface area (TPSA) is 59.6 Å². The summed E-state index contributed by atoms with van der Waals surface area (Å²) in [5.74, 6) is 1.40. The molecule has 6 heteroatoms. The van der Waals surface area contributed by atoms with Crippen LogP contribution in [0.3, 0.4) is 0 Å². The molecule has 0 saturated carbocycles. The predicted molar refractivity (Wildman–Crippen MR) is 105 cm³/mol. The van der Waals surface area contributed by atoms with Crippen LogP contribution in [0.4, 0.5) is 11.4 Å². The number of fused-ring (bicyclic) bond motifs is 1. The van der Waals surface area contributed by atoms with E-state index in [4.69, 9.17) is 21.1 Å². The number of anilines is 2. The molecule has 0 spiro atoms. The molecule has 1 amide bonds. The van der Waals surface area contributed by atoms with E-state index in [-0.39, 0.29) is 12.0 Å². The van der Waals surface area contributed by atoms with Crippen LogP contribution in [-0.4, -0.2) is 24.7 Å². The van der Waals surface area contributed by atoms with Gasteiger partial charge in [-0.15, -0.1) is 0 Å². The lowest BCUT2D eigenvalue weighted by atomic mass is 10.1. The summed E-state index contributed by atoms with van der Waals surface area (Å²) >= 11 is 5.96. The molecule has 0 fully saturated rings. The minimum atomic E-state index is -0.468. The third kappa shape index (κ3) is 4.22. The van der Waals surface area contributed by atoms with Crippen LogP contribution in [0, 0.1) is 0 Å². The SMILES string of the molecule is CCOc1cc2c(cc1NC(C)C(=O)Nc1cccc(Cl)c1)OC(C)C2. The van der Waals surface area contributed by atoms with Gasteiger partial charge < -0.3 is 20.1 Å². The maximum Gasteiger partial charge on any atom is 0.246 e. The molecule has 1 heterocycles. The zero-order valence-corrected chi connectivity index (χ0v) is 15.9. The molecule has 2 aromatic carbocycles. The lowest BCUT2D eigenvalue weighted by Gasteiger charge is -2.19. The van der Waals surface area contributed by atoms with Crippen LogP contribution >= 0.6 is 11.6 Å². The van der Waals surface area contributed by atoms with E-state index in [9.17, 15) is 4.79 Å². The van der Waals surface area contributed by atoms with Crippen molar-refractivity contribution in [3.05, 3.63) is 47.0 Å². The van der Waals surface area contributed by atoms with E-state index in [1.165, 1.54) is 0 Å². The number of benzene rings is 2. The van der Waals surface area contributed by atoms with Gasteiger partial charge in [0.05, 0.1) is 12.3 Å². The van der Waals surface area contributed by atoms with Crippen molar-refractivity contribution in [3.8, 4) is 11.5 Å². The summed E-state index contributed by atoms with van der Waals surface area (Å²) in [6.07, 6.45) is 1.01. The van der Waals surface area contributed by atoms with E-state index < -0.39 is 6.04 Å². The van der Waals surface area contributed by atoms with Crippen LogP contribution < -0.4 is 20.1 Å². The van der Waals surface area contributed by atoms with Crippen LogP contribution in [0.2, 0.25) is 5.02 Å². The molecule has 0 aromatic heterocycles. The normalized spacial score (nSPS) is 16.4. The van der Waals surface area contributed by atoms with Crippen LogP contribution in [0.15, 0.2) is 36.4 Å². The van der Waals surface area contributed by atoms with E-state index in [0.29, 0.717) is 17.3 Å². The summed E-state index contributed by atoms with van der Waals surface area (Å²) in [6.45, 7) is 6.32. The number of hydrogen-bond acceptors (Lipinski definition) is 4. The van der Waals surface area contributed by atoms with Gasteiger partial charge in [0.1, 0.15) is 23.6 Å². The van der Waals surface area contributed by atoms with Gasteiger partial charge in [-0.25, -0.2) is 0 Å². The Bertz CT molecular complexity index is 810. The highest BCUT2D eigenvalue weighted by Crippen LogP contribution is 2.38. The van der Waals surface area contributed by atoms with Crippen LogP contribution in [0.1, 0.15) is 26.3 Å². The number of halogens is 1. The second kappa shape index (κ2) is 7.87. The van der Waals surface area contributed by atoms with Crippen LogP contribution in [0.5, 0.6) is 11.5 Å². The fraction of sp³-hybridized carbons (Fsp3) is 0.350. The van der Waals surface area contributed by atoms with Gasteiger partial charge in [0, 0.05) is 28.8 Å². The number of carbonyl (C=O) groups excluding carboxylic acids is 1. The first-order chi connectivity index (χ1) is 12.5. The van der Waals surface area contributed by atoms with Gasteiger partial charge in [0.25, 0.3) is 0 Å². The number of rotatable bonds is 6. The molecule has 1 aliphatic heterocycles. The first kappa shape index (κ1) is 18.4. The Morgan fingerprint density at radius 1 is 1.38 bits per heavy atom. The first-order valence-corrected chi connectivity index (χ1v) is 9.13. The molecule has 0 saturated heterocycles. The number of carbonyl (C=O) groups is 1. The average molecular weight is 375 g/mol. The van der Waals surface area contributed by atoms with Gasteiger partial charge >= 0.3 is 0 Å². The van der Waals surface area contributed by atoms with Gasteiger partial charge in [-0.2, -0.15) is 0 Å². The molecule has 26 heavy (non-hydrogen) atoms. The Balaban J connectivity index is 1.74. The lowest BCUT2D eigenvalue weighted by molar-refractivity contribution is -0.116. The molecule has 2 aromatic rings. The summed E-state index contributed by atoms with van der Waals surface area (Å²) in [7, 11) is 0. The molecule has 1 aliphatic rings. The zero-order valence-electron chi connectivity index (χ0n) is 15.1. The molecule has 3 rings (SSSR count). The second-order valence-corrected chi connectivity index (χ2v) is 6.82. The highest BCUT2D eigenvalue weighted by molar-refractivity contribution is 6.30. The van der Waals surface area contributed by atoms with Crippen LogP contribution in [0.25, 0.3) is 0 Å². The van der Waals surface area contributed by atoms with E-state index in [1.54, 1.807) is 31.2 Å². The maximum atomic E-state index is 12.5.